The molecule has 0 unspecified atom stereocenters. The number of ether oxygens (including phenoxy) is 1. The highest BCUT2D eigenvalue weighted by atomic mass is 19.1. The predicted molar refractivity (Wildman–Crippen MR) is 105 cm³/mol. The Morgan fingerprint density at radius 3 is 2.76 bits per heavy atom. The van der Waals surface area contributed by atoms with E-state index in [4.69, 9.17) is 9.26 Å². The van der Waals surface area contributed by atoms with Gasteiger partial charge in [-0.25, -0.2) is 9.18 Å². The topological polar surface area (TPSA) is 80.5 Å². The molecule has 1 saturated heterocycles. The number of rotatable bonds is 4. The van der Waals surface area contributed by atoms with Gasteiger partial charge in [0.1, 0.15) is 11.6 Å². The lowest BCUT2D eigenvalue weighted by Crippen LogP contribution is -2.40. The highest BCUT2D eigenvalue weighted by molar-refractivity contribution is 5.89. The van der Waals surface area contributed by atoms with Crippen molar-refractivity contribution in [1.82, 2.24) is 15.0 Å². The maximum atomic E-state index is 13.3. The summed E-state index contributed by atoms with van der Waals surface area (Å²) in [5.74, 6) is 1.54. The summed E-state index contributed by atoms with van der Waals surface area (Å²) in [6.45, 7) is 1.12. The number of hydrogen-bond donors (Lipinski definition) is 1. The Balaban J connectivity index is 1.36. The van der Waals surface area contributed by atoms with E-state index in [-0.39, 0.29) is 17.8 Å². The van der Waals surface area contributed by atoms with Gasteiger partial charge in [-0.3, -0.25) is 0 Å². The van der Waals surface area contributed by atoms with Crippen LogP contribution in [0.15, 0.2) is 53.1 Å². The number of aromatic nitrogens is 2. The third-order valence-corrected chi connectivity index (χ3v) is 4.98. The summed E-state index contributed by atoms with van der Waals surface area (Å²) in [4.78, 5) is 18.6. The molecule has 1 fully saturated rings. The van der Waals surface area contributed by atoms with E-state index in [2.05, 4.69) is 15.5 Å². The summed E-state index contributed by atoms with van der Waals surface area (Å²) >= 11 is 0. The number of nitrogens with one attached hydrogen (secondary N) is 1. The lowest BCUT2D eigenvalue weighted by Gasteiger charge is -2.30. The number of likely N-dealkylation sites (tertiary alicyclic amines) is 1. The Morgan fingerprint density at radius 1 is 1.21 bits per heavy atom. The van der Waals surface area contributed by atoms with Gasteiger partial charge in [0.05, 0.1) is 7.11 Å². The number of nitrogens with zero attached hydrogens (tertiary/aromatic N) is 3. The van der Waals surface area contributed by atoms with Crippen LogP contribution in [0.2, 0.25) is 0 Å². The molecule has 3 aromatic rings. The van der Waals surface area contributed by atoms with Gasteiger partial charge in [-0.2, -0.15) is 4.98 Å². The van der Waals surface area contributed by atoms with Crippen molar-refractivity contribution in [2.75, 3.05) is 25.5 Å². The van der Waals surface area contributed by atoms with Crippen molar-refractivity contribution in [3.8, 4) is 17.1 Å². The summed E-state index contributed by atoms with van der Waals surface area (Å²) in [5.41, 5.74) is 1.27. The maximum Gasteiger partial charge on any atom is 0.321 e. The first-order valence-electron chi connectivity index (χ1n) is 9.42. The number of carbonyl (C=O) groups is 1. The molecule has 0 aliphatic carbocycles. The SMILES string of the molecule is COc1cccc(-c2noc(C3CCN(C(=O)Nc4cccc(F)c4)CC3)n2)c1. The van der Waals surface area contributed by atoms with Gasteiger partial charge in [0.15, 0.2) is 0 Å². The first kappa shape index (κ1) is 18.9. The molecule has 4 rings (SSSR count). The quantitative estimate of drug-likeness (QED) is 0.711. The maximum absolute atomic E-state index is 13.3. The molecule has 2 aromatic carbocycles. The number of piperidine rings is 1. The van der Waals surface area contributed by atoms with Crippen LogP contribution in [0, 0.1) is 5.82 Å². The van der Waals surface area contributed by atoms with E-state index in [1.54, 1.807) is 24.1 Å². The Bertz CT molecular complexity index is 999. The molecular weight excluding hydrogens is 375 g/mol. The van der Waals surface area contributed by atoms with Gasteiger partial charge in [0.2, 0.25) is 11.7 Å². The minimum absolute atomic E-state index is 0.0973. The van der Waals surface area contributed by atoms with E-state index in [1.807, 2.05) is 24.3 Å². The highest BCUT2D eigenvalue weighted by Gasteiger charge is 2.27. The van der Waals surface area contributed by atoms with Gasteiger partial charge in [-0.05, 0) is 43.2 Å². The van der Waals surface area contributed by atoms with Crippen LogP contribution in [0.4, 0.5) is 14.9 Å². The molecule has 2 amide bonds. The van der Waals surface area contributed by atoms with Crippen LogP contribution < -0.4 is 10.1 Å². The number of amides is 2. The van der Waals surface area contributed by atoms with Crippen molar-refractivity contribution in [1.29, 1.82) is 0 Å². The molecule has 29 heavy (non-hydrogen) atoms. The Kier molecular flexibility index (Phi) is 5.41. The average molecular weight is 396 g/mol. The molecule has 1 aliphatic heterocycles. The summed E-state index contributed by atoms with van der Waals surface area (Å²) in [5, 5.41) is 6.81. The molecule has 0 radical (unpaired) electrons. The third-order valence-electron chi connectivity index (χ3n) is 4.98. The largest absolute Gasteiger partial charge is 0.497 e. The normalized spacial score (nSPS) is 14.6. The zero-order chi connectivity index (χ0) is 20.2. The summed E-state index contributed by atoms with van der Waals surface area (Å²) in [6.07, 6.45) is 1.44. The van der Waals surface area contributed by atoms with Crippen molar-refractivity contribution in [3.63, 3.8) is 0 Å². The molecule has 1 aromatic heterocycles. The Morgan fingerprint density at radius 2 is 2.00 bits per heavy atom. The van der Waals surface area contributed by atoms with Crippen LogP contribution in [0.3, 0.4) is 0 Å². The van der Waals surface area contributed by atoms with Gasteiger partial charge in [-0.1, -0.05) is 23.4 Å². The molecular formula is C21H21FN4O3. The van der Waals surface area contributed by atoms with Crippen LogP contribution >= 0.6 is 0 Å². The number of carbonyl (C=O) groups excluding carboxylic acids is 1. The van der Waals surface area contributed by atoms with Crippen LogP contribution in [-0.2, 0) is 0 Å². The summed E-state index contributed by atoms with van der Waals surface area (Å²) in [7, 11) is 1.61. The molecule has 0 bridgehead atoms. The van der Waals surface area contributed by atoms with Crippen molar-refractivity contribution < 1.29 is 18.4 Å². The zero-order valence-corrected chi connectivity index (χ0v) is 16.0. The fourth-order valence-electron chi connectivity index (χ4n) is 3.38. The van der Waals surface area contributed by atoms with Crippen LogP contribution in [-0.4, -0.2) is 41.3 Å². The number of halogens is 1. The third kappa shape index (κ3) is 4.37. The second-order valence-electron chi connectivity index (χ2n) is 6.89. The monoisotopic (exact) mass is 396 g/mol. The summed E-state index contributed by atoms with van der Waals surface area (Å²) < 4.78 is 24.0. The second kappa shape index (κ2) is 8.30. The number of benzene rings is 2. The number of urea groups is 1. The first-order chi connectivity index (χ1) is 14.1. The highest BCUT2D eigenvalue weighted by Crippen LogP contribution is 2.29. The smallest absolute Gasteiger partial charge is 0.321 e. The molecule has 1 aliphatic rings. The number of hydrogen-bond acceptors (Lipinski definition) is 5. The second-order valence-corrected chi connectivity index (χ2v) is 6.89. The first-order valence-corrected chi connectivity index (χ1v) is 9.42. The summed E-state index contributed by atoms with van der Waals surface area (Å²) in [6, 6.07) is 13.1. The van der Waals surface area contributed by atoms with Crippen molar-refractivity contribution in [3.05, 3.63) is 60.2 Å². The van der Waals surface area contributed by atoms with Crippen molar-refractivity contribution in [2.24, 2.45) is 0 Å². The van der Waals surface area contributed by atoms with E-state index in [0.717, 1.165) is 24.2 Å². The standard InChI is InChI=1S/C21H21FN4O3/c1-28-18-7-2-4-15(12-18)19-24-20(29-25-19)14-8-10-26(11-9-14)21(27)23-17-6-3-5-16(22)13-17/h2-7,12-14H,8-11H2,1H3,(H,23,27). The van der Waals surface area contributed by atoms with E-state index < -0.39 is 0 Å². The fourth-order valence-corrected chi connectivity index (χ4v) is 3.38. The van der Waals surface area contributed by atoms with Gasteiger partial charge < -0.3 is 19.5 Å². The number of methoxy groups -OCH3 is 1. The Labute approximate surface area is 167 Å². The number of anilines is 1. The Hall–Kier alpha value is -3.42. The molecule has 7 nitrogen and oxygen atoms in total. The molecule has 8 heteroatoms. The van der Waals surface area contributed by atoms with Crippen molar-refractivity contribution >= 4 is 11.7 Å². The van der Waals surface area contributed by atoms with Crippen LogP contribution in [0.1, 0.15) is 24.7 Å². The molecule has 0 spiro atoms. The molecule has 0 saturated carbocycles. The van der Waals surface area contributed by atoms with Crippen molar-refractivity contribution in [2.45, 2.75) is 18.8 Å². The molecule has 1 N–H and O–H groups in total. The minimum Gasteiger partial charge on any atom is -0.497 e. The molecule has 150 valence electrons. The minimum atomic E-state index is -0.384. The zero-order valence-electron chi connectivity index (χ0n) is 16.0. The molecule has 2 heterocycles. The lowest BCUT2D eigenvalue weighted by atomic mass is 9.97. The average Bonchev–Trinajstić information content (AvgIpc) is 3.24. The van der Waals surface area contributed by atoms with E-state index in [0.29, 0.717) is 30.5 Å². The van der Waals surface area contributed by atoms with Gasteiger partial charge in [0.25, 0.3) is 0 Å². The van der Waals surface area contributed by atoms with E-state index in [9.17, 15) is 9.18 Å². The van der Waals surface area contributed by atoms with Gasteiger partial charge in [-0.15, -0.1) is 0 Å². The van der Waals surface area contributed by atoms with Gasteiger partial charge >= 0.3 is 6.03 Å². The fraction of sp³-hybridized carbons (Fsp3) is 0.286. The predicted octanol–water partition coefficient (Wildman–Crippen LogP) is 4.30. The van der Waals surface area contributed by atoms with Gasteiger partial charge in [0, 0.05) is 30.3 Å². The van der Waals surface area contributed by atoms with E-state index in [1.165, 1.54) is 12.1 Å². The molecule has 0 atom stereocenters. The lowest BCUT2D eigenvalue weighted by molar-refractivity contribution is 0.187. The van der Waals surface area contributed by atoms with Crippen LogP contribution in [0.25, 0.3) is 11.4 Å². The van der Waals surface area contributed by atoms with E-state index >= 15 is 0 Å². The van der Waals surface area contributed by atoms with Crippen LogP contribution in [0.5, 0.6) is 5.75 Å².